The summed E-state index contributed by atoms with van der Waals surface area (Å²) in [6.07, 6.45) is 1.57. The number of halogens is 1. The highest BCUT2D eigenvalue weighted by molar-refractivity contribution is 5.81. The third-order valence-corrected chi connectivity index (χ3v) is 3.79. The minimum absolute atomic E-state index is 0.110. The fraction of sp³-hybridized carbons (Fsp3) is 0.350. The van der Waals surface area contributed by atoms with Gasteiger partial charge in [-0.1, -0.05) is 48.9 Å². The van der Waals surface area contributed by atoms with Crippen LogP contribution < -0.4 is 10.1 Å². The molecule has 0 saturated carbocycles. The molecule has 2 rings (SSSR count). The van der Waals surface area contributed by atoms with E-state index in [1.807, 2.05) is 13.0 Å². The first-order valence-corrected chi connectivity index (χ1v) is 8.34. The number of ether oxygens (including phenoxy) is 1. The third kappa shape index (κ3) is 5.37. The SMILES string of the molecule is CCC(Oc1ccccc1F)C(=O)NCCCc1cccc(C)c1. The summed E-state index contributed by atoms with van der Waals surface area (Å²) < 4.78 is 19.1. The monoisotopic (exact) mass is 329 g/mol. The van der Waals surface area contributed by atoms with E-state index in [1.165, 1.54) is 23.3 Å². The van der Waals surface area contributed by atoms with Crippen LogP contribution >= 0.6 is 0 Å². The normalized spacial score (nSPS) is 11.8. The lowest BCUT2D eigenvalue weighted by molar-refractivity contribution is -0.128. The van der Waals surface area contributed by atoms with Crippen molar-refractivity contribution in [2.24, 2.45) is 0 Å². The van der Waals surface area contributed by atoms with Gasteiger partial charge in [0.05, 0.1) is 0 Å². The Balaban J connectivity index is 1.78. The van der Waals surface area contributed by atoms with Crippen molar-refractivity contribution in [3.63, 3.8) is 0 Å². The zero-order valence-electron chi connectivity index (χ0n) is 14.2. The molecule has 2 aromatic carbocycles. The van der Waals surface area contributed by atoms with E-state index in [4.69, 9.17) is 4.74 Å². The molecule has 0 radical (unpaired) electrons. The van der Waals surface area contributed by atoms with Gasteiger partial charge in [-0.2, -0.15) is 0 Å². The first-order chi connectivity index (χ1) is 11.6. The van der Waals surface area contributed by atoms with Gasteiger partial charge in [0.1, 0.15) is 0 Å². The van der Waals surface area contributed by atoms with Crippen molar-refractivity contribution >= 4 is 5.91 Å². The summed E-state index contributed by atoms with van der Waals surface area (Å²) in [5.74, 6) is -0.549. The minimum atomic E-state index is -0.680. The molecule has 0 aliphatic heterocycles. The number of carbonyl (C=O) groups excluding carboxylic acids is 1. The van der Waals surface area contributed by atoms with Gasteiger partial charge in [0.2, 0.25) is 0 Å². The Morgan fingerprint density at radius 3 is 2.71 bits per heavy atom. The molecular weight excluding hydrogens is 305 g/mol. The molecule has 1 atom stereocenters. The molecule has 0 aromatic heterocycles. The van der Waals surface area contributed by atoms with Crippen LogP contribution in [0.2, 0.25) is 0 Å². The highest BCUT2D eigenvalue weighted by atomic mass is 19.1. The second kappa shape index (κ2) is 9.06. The van der Waals surface area contributed by atoms with Crippen molar-refractivity contribution in [3.8, 4) is 5.75 Å². The van der Waals surface area contributed by atoms with Crippen LogP contribution in [0.5, 0.6) is 5.75 Å². The van der Waals surface area contributed by atoms with E-state index in [0.29, 0.717) is 13.0 Å². The summed E-state index contributed by atoms with van der Waals surface area (Å²) in [5, 5.41) is 2.87. The van der Waals surface area contributed by atoms with Gasteiger partial charge in [-0.05, 0) is 43.9 Å². The first kappa shape index (κ1) is 18.0. The second-order valence-corrected chi connectivity index (χ2v) is 5.83. The van der Waals surface area contributed by atoms with E-state index >= 15 is 0 Å². The van der Waals surface area contributed by atoms with E-state index in [-0.39, 0.29) is 11.7 Å². The summed E-state index contributed by atoms with van der Waals surface area (Å²) in [7, 11) is 0. The van der Waals surface area contributed by atoms with Gasteiger partial charge in [0, 0.05) is 6.54 Å². The van der Waals surface area contributed by atoms with Crippen LogP contribution in [0.15, 0.2) is 48.5 Å². The van der Waals surface area contributed by atoms with Gasteiger partial charge in [0.15, 0.2) is 17.7 Å². The Kier molecular flexibility index (Phi) is 6.79. The maximum atomic E-state index is 13.6. The van der Waals surface area contributed by atoms with Crippen molar-refractivity contribution in [1.82, 2.24) is 5.32 Å². The lowest BCUT2D eigenvalue weighted by Gasteiger charge is -2.17. The molecule has 0 aliphatic rings. The summed E-state index contributed by atoms with van der Waals surface area (Å²) in [5.41, 5.74) is 2.50. The highest BCUT2D eigenvalue weighted by Crippen LogP contribution is 2.18. The predicted octanol–water partition coefficient (Wildman–Crippen LogP) is 4.04. The van der Waals surface area contributed by atoms with Gasteiger partial charge >= 0.3 is 0 Å². The van der Waals surface area contributed by atoms with Crippen molar-refractivity contribution in [2.45, 2.75) is 39.2 Å². The minimum Gasteiger partial charge on any atom is -0.478 e. The number of benzene rings is 2. The average molecular weight is 329 g/mol. The zero-order chi connectivity index (χ0) is 17.4. The quantitative estimate of drug-likeness (QED) is 0.742. The van der Waals surface area contributed by atoms with Crippen LogP contribution in [0.25, 0.3) is 0 Å². The Labute approximate surface area is 142 Å². The Morgan fingerprint density at radius 1 is 1.21 bits per heavy atom. The molecule has 3 nitrogen and oxygen atoms in total. The lowest BCUT2D eigenvalue weighted by atomic mass is 10.1. The molecule has 0 bridgehead atoms. The number of carbonyl (C=O) groups is 1. The largest absolute Gasteiger partial charge is 0.478 e. The molecule has 0 saturated heterocycles. The molecule has 1 amide bonds. The van der Waals surface area contributed by atoms with Gasteiger partial charge < -0.3 is 10.1 Å². The van der Waals surface area contributed by atoms with Gasteiger partial charge in [-0.25, -0.2) is 4.39 Å². The van der Waals surface area contributed by atoms with Crippen LogP contribution in [-0.2, 0) is 11.2 Å². The molecule has 2 aromatic rings. The molecule has 0 aliphatic carbocycles. The number of hydrogen-bond acceptors (Lipinski definition) is 2. The van der Waals surface area contributed by atoms with E-state index in [2.05, 4.69) is 30.4 Å². The fourth-order valence-corrected chi connectivity index (χ4v) is 2.50. The van der Waals surface area contributed by atoms with Crippen molar-refractivity contribution in [2.75, 3.05) is 6.54 Å². The van der Waals surface area contributed by atoms with Crippen molar-refractivity contribution < 1.29 is 13.9 Å². The Hall–Kier alpha value is -2.36. The molecule has 0 spiro atoms. The van der Waals surface area contributed by atoms with Crippen LogP contribution in [0, 0.1) is 12.7 Å². The number of aryl methyl sites for hydroxylation is 2. The topological polar surface area (TPSA) is 38.3 Å². The standard InChI is InChI=1S/C20H24FNO2/c1-3-18(24-19-12-5-4-11-17(19)21)20(23)22-13-7-10-16-9-6-8-15(2)14-16/h4-6,8-9,11-12,14,18H,3,7,10,13H2,1-2H3,(H,22,23). The van der Waals surface area contributed by atoms with Crippen LogP contribution in [0.3, 0.4) is 0 Å². The number of rotatable bonds is 8. The van der Waals surface area contributed by atoms with Crippen molar-refractivity contribution in [3.05, 3.63) is 65.5 Å². The second-order valence-electron chi connectivity index (χ2n) is 5.83. The molecule has 24 heavy (non-hydrogen) atoms. The third-order valence-electron chi connectivity index (χ3n) is 3.79. The maximum Gasteiger partial charge on any atom is 0.261 e. The lowest BCUT2D eigenvalue weighted by Crippen LogP contribution is -2.38. The van der Waals surface area contributed by atoms with Crippen LogP contribution in [0.4, 0.5) is 4.39 Å². The van der Waals surface area contributed by atoms with E-state index < -0.39 is 11.9 Å². The fourth-order valence-electron chi connectivity index (χ4n) is 2.50. The summed E-state index contributed by atoms with van der Waals surface area (Å²) >= 11 is 0. The Bertz CT molecular complexity index is 672. The molecular formula is C20H24FNO2. The van der Waals surface area contributed by atoms with Gasteiger partial charge in [0.25, 0.3) is 5.91 Å². The maximum absolute atomic E-state index is 13.6. The summed E-state index contributed by atoms with van der Waals surface area (Å²) in [6.45, 7) is 4.49. The molecule has 128 valence electrons. The van der Waals surface area contributed by atoms with E-state index in [1.54, 1.807) is 12.1 Å². The number of amides is 1. The summed E-state index contributed by atoms with van der Waals surface area (Å²) in [6, 6.07) is 14.5. The smallest absolute Gasteiger partial charge is 0.261 e. The molecule has 1 unspecified atom stereocenters. The van der Waals surface area contributed by atoms with Gasteiger partial charge in [-0.15, -0.1) is 0 Å². The molecule has 1 N–H and O–H groups in total. The van der Waals surface area contributed by atoms with Crippen molar-refractivity contribution in [1.29, 1.82) is 0 Å². The number of para-hydroxylation sites is 1. The first-order valence-electron chi connectivity index (χ1n) is 8.34. The van der Waals surface area contributed by atoms with Gasteiger partial charge in [-0.3, -0.25) is 4.79 Å². The molecule has 0 fully saturated rings. The number of hydrogen-bond donors (Lipinski definition) is 1. The van der Waals surface area contributed by atoms with Crippen LogP contribution in [-0.4, -0.2) is 18.6 Å². The molecule has 0 heterocycles. The van der Waals surface area contributed by atoms with Crippen LogP contribution in [0.1, 0.15) is 30.9 Å². The number of nitrogens with one attached hydrogen (secondary N) is 1. The summed E-state index contributed by atoms with van der Waals surface area (Å²) in [4.78, 5) is 12.2. The average Bonchev–Trinajstić information content (AvgIpc) is 2.58. The highest BCUT2D eigenvalue weighted by Gasteiger charge is 2.19. The Morgan fingerprint density at radius 2 is 2.00 bits per heavy atom. The van der Waals surface area contributed by atoms with E-state index in [0.717, 1.165) is 12.8 Å². The van der Waals surface area contributed by atoms with E-state index in [9.17, 15) is 9.18 Å². The zero-order valence-corrected chi connectivity index (χ0v) is 14.2. The molecule has 4 heteroatoms. The predicted molar refractivity (Wildman–Crippen MR) is 93.6 cm³/mol.